The van der Waals surface area contributed by atoms with Gasteiger partial charge < -0.3 is 9.15 Å². The molecule has 0 saturated carbocycles. The second-order valence-electron chi connectivity index (χ2n) is 6.04. The lowest BCUT2D eigenvalue weighted by Gasteiger charge is -2.07. The van der Waals surface area contributed by atoms with Crippen LogP contribution in [0.2, 0.25) is 0 Å². The fraction of sp³-hybridized carbons (Fsp3) is 0.143. The molecule has 2 heterocycles. The molecule has 0 spiro atoms. The number of benzene rings is 2. The normalized spacial score (nSPS) is 11.0. The average molecular weight is 363 g/mol. The van der Waals surface area contributed by atoms with Gasteiger partial charge in [0.15, 0.2) is 6.29 Å². The third-order valence-electron chi connectivity index (χ3n) is 4.21. The summed E-state index contributed by atoms with van der Waals surface area (Å²) in [5.41, 5.74) is 3.71. The molecule has 2 aromatic carbocycles. The molecule has 0 N–H and O–H groups in total. The molecule has 0 bridgehead atoms. The molecule has 0 unspecified atom stereocenters. The van der Waals surface area contributed by atoms with Crippen LogP contribution >= 0.6 is 11.3 Å². The van der Waals surface area contributed by atoms with E-state index in [2.05, 4.69) is 4.98 Å². The van der Waals surface area contributed by atoms with Crippen LogP contribution in [0.5, 0.6) is 5.75 Å². The molecule has 0 aliphatic carbocycles. The van der Waals surface area contributed by atoms with Gasteiger partial charge in [-0.1, -0.05) is 17.7 Å². The van der Waals surface area contributed by atoms with Crippen molar-refractivity contribution in [3.63, 3.8) is 0 Å². The molecular weight excluding hydrogens is 346 g/mol. The number of aromatic nitrogens is 1. The van der Waals surface area contributed by atoms with Gasteiger partial charge in [-0.05, 0) is 42.6 Å². The summed E-state index contributed by atoms with van der Waals surface area (Å²) in [6.07, 6.45) is 3.20. The van der Waals surface area contributed by atoms with E-state index in [9.17, 15) is 4.79 Å². The number of thiophene rings is 1. The van der Waals surface area contributed by atoms with E-state index in [1.807, 2.05) is 48.7 Å². The zero-order chi connectivity index (χ0) is 17.9. The van der Waals surface area contributed by atoms with E-state index in [1.54, 1.807) is 23.7 Å². The van der Waals surface area contributed by atoms with Crippen molar-refractivity contribution in [2.24, 2.45) is 0 Å². The maximum absolute atomic E-state index is 11.1. The Hall–Kier alpha value is -2.92. The first-order chi connectivity index (χ1) is 12.7. The molecule has 2 aromatic heterocycles. The largest absolute Gasteiger partial charge is 0.492 e. The summed E-state index contributed by atoms with van der Waals surface area (Å²) in [4.78, 5) is 15.6. The third-order valence-corrected chi connectivity index (χ3v) is 5.14. The maximum Gasteiger partial charge on any atom is 0.226 e. The first-order valence-electron chi connectivity index (χ1n) is 8.34. The Bertz CT molecular complexity index is 1050. The summed E-state index contributed by atoms with van der Waals surface area (Å²) in [5.74, 6) is 1.42. The highest BCUT2D eigenvalue weighted by Crippen LogP contribution is 2.32. The van der Waals surface area contributed by atoms with Crippen LogP contribution < -0.4 is 4.74 Å². The summed E-state index contributed by atoms with van der Waals surface area (Å²) >= 11 is 1.57. The van der Waals surface area contributed by atoms with E-state index in [-0.39, 0.29) is 0 Å². The lowest BCUT2D eigenvalue weighted by atomic mass is 10.1. The summed E-state index contributed by atoms with van der Waals surface area (Å²) < 4.78 is 12.5. The van der Waals surface area contributed by atoms with E-state index in [4.69, 9.17) is 9.15 Å². The predicted molar refractivity (Wildman–Crippen MR) is 103 cm³/mol. The topological polar surface area (TPSA) is 52.3 Å². The number of fused-ring (bicyclic) bond motifs is 1. The minimum absolute atomic E-state index is 0.493. The minimum Gasteiger partial charge on any atom is -0.492 e. The Kier molecular flexibility index (Phi) is 4.54. The highest BCUT2D eigenvalue weighted by Gasteiger charge is 2.10. The molecule has 4 aromatic rings. The van der Waals surface area contributed by atoms with Crippen LogP contribution in [-0.2, 0) is 6.42 Å². The van der Waals surface area contributed by atoms with E-state index >= 15 is 0 Å². The fourth-order valence-electron chi connectivity index (χ4n) is 2.79. The van der Waals surface area contributed by atoms with Crippen molar-refractivity contribution < 1.29 is 13.9 Å². The van der Waals surface area contributed by atoms with Crippen molar-refractivity contribution in [2.45, 2.75) is 13.3 Å². The number of rotatable bonds is 6. The average Bonchev–Trinajstić information content (AvgIpc) is 3.32. The van der Waals surface area contributed by atoms with E-state index in [0.29, 0.717) is 24.5 Å². The Labute approximate surface area is 155 Å². The van der Waals surface area contributed by atoms with Gasteiger partial charge in [0.2, 0.25) is 5.89 Å². The lowest BCUT2D eigenvalue weighted by Crippen LogP contribution is -2.02. The molecule has 4 nitrogen and oxygen atoms in total. The summed E-state index contributed by atoms with van der Waals surface area (Å²) in [5, 5.41) is 2.90. The van der Waals surface area contributed by atoms with Crippen molar-refractivity contribution in [3.05, 3.63) is 70.9 Å². The smallest absolute Gasteiger partial charge is 0.226 e. The maximum atomic E-state index is 11.1. The quantitative estimate of drug-likeness (QED) is 0.436. The van der Waals surface area contributed by atoms with Crippen LogP contribution in [0.15, 0.2) is 58.5 Å². The second-order valence-corrected chi connectivity index (χ2v) is 6.96. The van der Waals surface area contributed by atoms with Crippen molar-refractivity contribution in [1.29, 1.82) is 0 Å². The predicted octanol–water partition coefficient (Wildman–Crippen LogP) is 5.30. The molecule has 4 rings (SSSR count). The van der Waals surface area contributed by atoms with Crippen LogP contribution in [0.1, 0.15) is 21.6 Å². The van der Waals surface area contributed by atoms with Gasteiger partial charge in [0.25, 0.3) is 0 Å². The Morgan fingerprint density at radius 1 is 1.15 bits per heavy atom. The number of carbonyl (C=O) groups excluding carboxylic acids is 1. The molecule has 0 fully saturated rings. The monoisotopic (exact) mass is 363 g/mol. The SMILES string of the molecule is Cc1ccc(-c2nc(CCOc3ccc(C=O)c4ccsc34)co2)cc1. The molecule has 0 saturated heterocycles. The number of aldehydes is 1. The van der Waals surface area contributed by atoms with E-state index in [0.717, 1.165) is 33.4 Å². The molecule has 0 atom stereocenters. The minimum atomic E-state index is 0.493. The molecular formula is C21H17NO3S. The van der Waals surface area contributed by atoms with Gasteiger partial charge in [-0.3, -0.25) is 4.79 Å². The highest BCUT2D eigenvalue weighted by molar-refractivity contribution is 7.17. The zero-order valence-corrected chi connectivity index (χ0v) is 15.1. The lowest BCUT2D eigenvalue weighted by molar-refractivity contribution is 0.112. The Morgan fingerprint density at radius 2 is 2.00 bits per heavy atom. The molecule has 130 valence electrons. The Balaban J connectivity index is 1.43. The van der Waals surface area contributed by atoms with Crippen molar-refractivity contribution in [2.75, 3.05) is 6.61 Å². The summed E-state index contributed by atoms with van der Waals surface area (Å²) in [7, 11) is 0. The van der Waals surface area contributed by atoms with Gasteiger partial charge in [-0.2, -0.15) is 0 Å². The van der Waals surface area contributed by atoms with Gasteiger partial charge in [0.1, 0.15) is 12.0 Å². The molecule has 0 radical (unpaired) electrons. The zero-order valence-electron chi connectivity index (χ0n) is 14.3. The summed E-state index contributed by atoms with van der Waals surface area (Å²) in [6.45, 7) is 2.54. The molecule has 0 aliphatic rings. The number of hydrogen-bond acceptors (Lipinski definition) is 5. The number of oxazole rings is 1. The summed E-state index contributed by atoms with van der Waals surface area (Å²) in [6, 6.07) is 13.7. The molecule has 5 heteroatoms. The number of carbonyl (C=O) groups is 1. The van der Waals surface area contributed by atoms with Crippen molar-refractivity contribution in [1.82, 2.24) is 4.98 Å². The van der Waals surface area contributed by atoms with Gasteiger partial charge in [0.05, 0.1) is 17.0 Å². The van der Waals surface area contributed by atoms with Gasteiger partial charge in [0, 0.05) is 22.9 Å². The second kappa shape index (κ2) is 7.14. The van der Waals surface area contributed by atoms with Crippen LogP contribution in [0.3, 0.4) is 0 Å². The van der Waals surface area contributed by atoms with E-state index in [1.165, 1.54) is 5.56 Å². The van der Waals surface area contributed by atoms with Crippen LogP contribution in [0.25, 0.3) is 21.5 Å². The first kappa shape index (κ1) is 16.5. The molecule has 0 amide bonds. The number of nitrogens with zero attached hydrogens (tertiary/aromatic N) is 1. The molecule has 26 heavy (non-hydrogen) atoms. The van der Waals surface area contributed by atoms with Crippen LogP contribution in [0, 0.1) is 6.92 Å². The first-order valence-corrected chi connectivity index (χ1v) is 9.22. The highest BCUT2D eigenvalue weighted by atomic mass is 32.1. The number of hydrogen-bond donors (Lipinski definition) is 0. The van der Waals surface area contributed by atoms with Gasteiger partial charge in [-0.25, -0.2) is 4.98 Å². The van der Waals surface area contributed by atoms with Gasteiger partial charge >= 0.3 is 0 Å². The Morgan fingerprint density at radius 3 is 2.81 bits per heavy atom. The third kappa shape index (κ3) is 3.26. The van der Waals surface area contributed by atoms with Crippen LogP contribution in [-0.4, -0.2) is 17.9 Å². The molecule has 0 aliphatic heterocycles. The van der Waals surface area contributed by atoms with Crippen molar-refractivity contribution >= 4 is 27.7 Å². The fourth-order valence-corrected chi connectivity index (χ4v) is 3.69. The van der Waals surface area contributed by atoms with Crippen LogP contribution in [0.4, 0.5) is 0 Å². The number of ether oxygens (including phenoxy) is 1. The standard InChI is InChI=1S/C21H17NO3S/c1-14-2-4-15(5-3-14)21-22-17(13-25-21)8-10-24-19-7-6-16(12-23)18-9-11-26-20(18)19/h2-7,9,11-13H,8,10H2,1H3. The number of aryl methyl sites for hydroxylation is 1. The van der Waals surface area contributed by atoms with E-state index < -0.39 is 0 Å². The van der Waals surface area contributed by atoms with Crippen molar-refractivity contribution in [3.8, 4) is 17.2 Å². The van der Waals surface area contributed by atoms with Gasteiger partial charge in [-0.15, -0.1) is 11.3 Å².